The normalized spacial score (nSPS) is 17.4. The summed E-state index contributed by atoms with van der Waals surface area (Å²) in [7, 11) is 0. The fraction of sp³-hybridized carbons (Fsp3) is 0.292. The molecule has 8 heteroatoms. The van der Waals surface area contributed by atoms with Crippen LogP contribution < -0.4 is 10.1 Å². The summed E-state index contributed by atoms with van der Waals surface area (Å²) in [6.07, 6.45) is 4.70. The number of rotatable bonds is 4. The third-order valence-corrected chi connectivity index (χ3v) is 6.07. The van der Waals surface area contributed by atoms with Crippen molar-refractivity contribution in [3.05, 3.63) is 69.5 Å². The molecule has 166 valence electrons. The van der Waals surface area contributed by atoms with Crippen LogP contribution in [-0.2, 0) is 0 Å². The van der Waals surface area contributed by atoms with E-state index in [1.54, 1.807) is 6.20 Å². The number of nitrogens with zero attached hydrogens (tertiary/aromatic N) is 3. The fourth-order valence-corrected chi connectivity index (χ4v) is 3.82. The minimum absolute atomic E-state index is 0.148. The first-order valence-corrected chi connectivity index (χ1v) is 11.3. The van der Waals surface area contributed by atoms with Gasteiger partial charge in [0.1, 0.15) is 11.5 Å². The molecule has 1 aliphatic heterocycles. The van der Waals surface area contributed by atoms with Gasteiger partial charge >= 0.3 is 6.03 Å². The lowest BCUT2D eigenvalue weighted by Crippen LogP contribution is -2.42. The van der Waals surface area contributed by atoms with Crippen LogP contribution >= 0.6 is 15.9 Å². The summed E-state index contributed by atoms with van der Waals surface area (Å²) in [4.78, 5) is 18.7. The van der Waals surface area contributed by atoms with Crippen LogP contribution in [0.25, 0.3) is 6.08 Å². The first-order valence-electron chi connectivity index (χ1n) is 10.5. The number of nitrogens with one attached hydrogen (secondary N) is 1. The maximum atomic E-state index is 12.7. The van der Waals surface area contributed by atoms with E-state index in [0.29, 0.717) is 30.5 Å². The molecule has 1 unspecified atom stereocenters. The van der Waals surface area contributed by atoms with Crippen LogP contribution in [-0.4, -0.2) is 34.2 Å². The first-order chi connectivity index (χ1) is 15.4. The van der Waals surface area contributed by atoms with Gasteiger partial charge in [-0.2, -0.15) is 0 Å². The molecule has 0 bridgehead atoms. The zero-order chi connectivity index (χ0) is 22.7. The summed E-state index contributed by atoms with van der Waals surface area (Å²) in [5.41, 5.74) is 3.22. The molecule has 3 aromatic rings. The minimum atomic E-state index is -0.148. The summed E-state index contributed by atoms with van der Waals surface area (Å²) in [6, 6.07) is 11.5. The van der Waals surface area contributed by atoms with Crippen LogP contribution in [0.15, 0.2) is 57.2 Å². The Morgan fingerprint density at radius 2 is 2.16 bits per heavy atom. The Morgan fingerprint density at radius 3 is 2.84 bits per heavy atom. The Bertz CT molecular complexity index is 1140. The zero-order valence-electron chi connectivity index (χ0n) is 18.3. The number of carbonyl (C=O) groups is 1. The molecule has 3 heterocycles. The summed E-state index contributed by atoms with van der Waals surface area (Å²) < 4.78 is 11.9. The van der Waals surface area contributed by atoms with E-state index in [1.807, 2.05) is 49.1 Å². The Morgan fingerprint density at radius 1 is 1.31 bits per heavy atom. The maximum absolute atomic E-state index is 12.7. The lowest BCUT2D eigenvalue weighted by atomic mass is 9.91. The molecule has 1 fully saturated rings. The second kappa shape index (κ2) is 9.56. The van der Waals surface area contributed by atoms with Crippen molar-refractivity contribution in [2.24, 2.45) is 5.92 Å². The van der Waals surface area contributed by atoms with E-state index >= 15 is 0 Å². The number of urea groups is 1. The lowest BCUT2D eigenvalue weighted by Gasteiger charge is -2.33. The van der Waals surface area contributed by atoms with E-state index < -0.39 is 0 Å². The molecule has 1 atom stereocenters. The quantitative estimate of drug-likeness (QED) is 0.464. The number of aryl methyl sites for hydroxylation is 1. The molecule has 4 rings (SSSR count). The van der Waals surface area contributed by atoms with E-state index in [2.05, 4.69) is 50.5 Å². The van der Waals surface area contributed by atoms with Crippen LogP contribution in [0.3, 0.4) is 0 Å². The highest BCUT2D eigenvalue weighted by Gasteiger charge is 2.25. The number of piperidine rings is 1. The molecule has 1 aromatic carbocycles. The number of hydrogen-bond acceptors (Lipinski definition) is 5. The molecule has 32 heavy (non-hydrogen) atoms. The molecular formula is C24H25BrN4O3. The number of pyridine rings is 1. The molecule has 1 saturated heterocycles. The number of hydrogen-bond donors (Lipinski definition) is 1. The highest BCUT2D eigenvalue weighted by Crippen LogP contribution is 2.28. The van der Waals surface area contributed by atoms with Crippen molar-refractivity contribution in [2.45, 2.75) is 27.2 Å². The van der Waals surface area contributed by atoms with Crippen molar-refractivity contribution in [3.8, 4) is 11.6 Å². The molecular weight excluding hydrogens is 472 g/mol. The SMILES string of the molecule is Cc1onc(NC(=O)N2CC/C(=C\c3cccc(Oc4ccc(Br)cn4)c3)C(C)C2)c1C. The molecule has 1 N–H and O–H groups in total. The second-order valence-electron chi connectivity index (χ2n) is 7.95. The van der Waals surface area contributed by atoms with Gasteiger partial charge in [-0.05, 0) is 65.9 Å². The number of aromatic nitrogens is 2. The third kappa shape index (κ3) is 5.19. The van der Waals surface area contributed by atoms with Crippen molar-refractivity contribution in [1.29, 1.82) is 0 Å². The van der Waals surface area contributed by atoms with Gasteiger partial charge in [0.05, 0.1) is 0 Å². The van der Waals surface area contributed by atoms with Crippen molar-refractivity contribution >= 4 is 33.9 Å². The predicted octanol–water partition coefficient (Wildman–Crippen LogP) is 6.20. The predicted molar refractivity (Wildman–Crippen MR) is 127 cm³/mol. The largest absolute Gasteiger partial charge is 0.439 e. The van der Waals surface area contributed by atoms with Gasteiger partial charge in [0.15, 0.2) is 5.82 Å². The Balaban J connectivity index is 1.40. The first kappa shape index (κ1) is 22.1. The lowest BCUT2D eigenvalue weighted by molar-refractivity contribution is 0.197. The van der Waals surface area contributed by atoms with Gasteiger partial charge in [-0.1, -0.05) is 35.9 Å². The van der Waals surface area contributed by atoms with Gasteiger partial charge in [0.2, 0.25) is 5.88 Å². The Kier molecular flexibility index (Phi) is 6.60. The summed E-state index contributed by atoms with van der Waals surface area (Å²) in [5.74, 6) is 2.71. The maximum Gasteiger partial charge on any atom is 0.323 e. The molecule has 0 aliphatic carbocycles. The Hall–Kier alpha value is -3.13. The Labute approximate surface area is 195 Å². The van der Waals surface area contributed by atoms with Crippen molar-refractivity contribution in [3.63, 3.8) is 0 Å². The molecule has 0 saturated carbocycles. The standard InChI is InChI=1S/C24H25BrN4O3/c1-15-14-29(24(30)27-23-16(2)17(3)32-28-23)10-9-19(15)11-18-5-4-6-21(12-18)31-22-8-7-20(25)13-26-22/h4-8,11-13,15H,9-10,14H2,1-3H3,(H,27,28,30)/b19-11+. The number of amides is 2. The van der Waals surface area contributed by atoms with Gasteiger partial charge in [-0.15, -0.1) is 0 Å². The number of benzene rings is 1. The number of ether oxygens (including phenoxy) is 1. The summed E-state index contributed by atoms with van der Waals surface area (Å²) >= 11 is 3.38. The minimum Gasteiger partial charge on any atom is -0.439 e. The molecule has 1 aliphatic rings. The monoisotopic (exact) mass is 496 g/mol. The molecule has 2 aromatic heterocycles. The van der Waals surface area contributed by atoms with Crippen LogP contribution in [0, 0.1) is 19.8 Å². The number of carbonyl (C=O) groups excluding carboxylic acids is 1. The van der Waals surface area contributed by atoms with E-state index in [4.69, 9.17) is 9.26 Å². The topological polar surface area (TPSA) is 80.5 Å². The van der Waals surface area contributed by atoms with Gasteiger partial charge in [-0.3, -0.25) is 5.32 Å². The number of halogens is 1. The number of anilines is 1. The van der Waals surface area contributed by atoms with Crippen LogP contribution in [0.5, 0.6) is 11.6 Å². The van der Waals surface area contributed by atoms with Gasteiger partial charge in [0, 0.05) is 35.4 Å². The molecule has 0 radical (unpaired) electrons. The third-order valence-electron chi connectivity index (χ3n) is 5.60. The summed E-state index contributed by atoms with van der Waals surface area (Å²) in [5, 5.41) is 6.78. The highest BCUT2D eigenvalue weighted by atomic mass is 79.9. The number of likely N-dealkylation sites (tertiary alicyclic amines) is 1. The van der Waals surface area contributed by atoms with Crippen molar-refractivity contribution in [2.75, 3.05) is 18.4 Å². The average Bonchev–Trinajstić information content (AvgIpc) is 3.09. The van der Waals surface area contributed by atoms with Crippen LogP contribution in [0.1, 0.15) is 30.2 Å². The van der Waals surface area contributed by atoms with Crippen molar-refractivity contribution < 1.29 is 14.1 Å². The molecule has 7 nitrogen and oxygen atoms in total. The van der Waals surface area contributed by atoms with E-state index in [-0.39, 0.29) is 11.9 Å². The average molecular weight is 497 g/mol. The van der Waals surface area contributed by atoms with Crippen LogP contribution in [0.4, 0.5) is 10.6 Å². The van der Waals surface area contributed by atoms with Gasteiger partial charge in [-0.25, -0.2) is 9.78 Å². The van der Waals surface area contributed by atoms with E-state index in [9.17, 15) is 4.79 Å². The van der Waals surface area contributed by atoms with E-state index in [1.165, 1.54) is 5.57 Å². The second-order valence-corrected chi connectivity index (χ2v) is 8.86. The smallest absolute Gasteiger partial charge is 0.323 e. The van der Waals surface area contributed by atoms with Gasteiger partial charge in [0.25, 0.3) is 0 Å². The highest BCUT2D eigenvalue weighted by molar-refractivity contribution is 9.10. The summed E-state index contributed by atoms with van der Waals surface area (Å²) in [6.45, 7) is 7.14. The van der Waals surface area contributed by atoms with Crippen LogP contribution in [0.2, 0.25) is 0 Å². The van der Waals surface area contributed by atoms with Gasteiger partial charge < -0.3 is 14.2 Å². The molecule has 0 spiro atoms. The van der Waals surface area contributed by atoms with Crippen molar-refractivity contribution in [1.82, 2.24) is 15.0 Å². The zero-order valence-corrected chi connectivity index (χ0v) is 19.8. The molecule has 2 amide bonds. The fourth-order valence-electron chi connectivity index (χ4n) is 3.59. The van der Waals surface area contributed by atoms with E-state index in [0.717, 1.165) is 27.8 Å².